The molecular formula is C22H16N4O4S. The van der Waals surface area contributed by atoms with Crippen molar-refractivity contribution in [3.05, 3.63) is 48.0 Å². The molecule has 1 N–H and O–H groups in total. The zero-order valence-corrected chi connectivity index (χ0v) is 17.1. The van der Waals surface area contributed by atoms with Gasteiger partial charge in [-0.25, -0.2) is 4.98 Å². The lowest BCUT2D eigenvalue weighted by Crippen LogP contribution is -2.43. The number of pyridine rings is 1. The predicted molar refractivity (Wildman–Crippen MR) is 116 cm³/mol. The molecule has 1 aromatic heterocycles. The Bertz CT molecular complexity index is 1270. The fourth-order valence-electron chi connectivity index (χ4n) is 3.55. The molecule has 9 heteroatoms. The zero-order chi connectivity index (χ0) is 21.4. The van der Waals surface area contributed by atoms with Crippen LogP contribution in [0.4, 0.5) is 11.4 Å². The number of benzene rings is 2. The summed E-state index contributed by atoms with van der Waals surface area (Å²) in [4.78, 5) is 30.9. The van der Waals surface area contributed by atoms with Crippen LogP contribution in [0.3, 0.4) is 0 Å². The van der Waals surface area contributed by atoms with E-state index in [0.29, 0.717) is 52.2 Å². The van der Waals surface area contributed by atoms with Crippen molar-refractivity contribution in [2.45, 2.75) is 5.03 Å². The van der Waals surface area contributed by atoms with Gasteiger partial charge in [-0.15, -0.1) is 0 Å². The molecule has 0 saturated carbocycles. The third-order valence-electron chi connectivity index (χ3n) is 4.97. The van der Waals surface area contributed by atoms with Crippen LogP contribution < -0.4 is 19.7 Å². The number of carbonyl (C=O) groups excluding carboxylic acids is 2. The molecular weight excluding hydrogens is 416 g/mol. The number of fused-ring (bicyclic) bond motifs is 3. The summed E-state index contributed by atoms with van der Waals surface area (Å²) in [5, 5.41) is 13.6. The summed E-state index contributed by atoms with van der Waals surface area (Å²) < 4.78 is 11.2. The molecule has 0 saturated heterocycles. The van der Waals surface area contributed by atoms with E-state index < -0.39 is 0 Å². The number of nitrogens with one attached hydrogen (secondary N) is 1. The Labute approximate surface area is 181 Å². The lowest BCUT2D eigenvalue weighted by molar-refractivity contribution is -0.120. The minimum absolute atomic E-state index is 0.0410. The van der Waals surface area contributed by atoms with Crippen molar-refractivity contribution in [3.8, 4) is 17.6 Å². The number of amides is 2. The highest BCUT2D eigenvalue weighted by Gasteiger charge is 2.27. The first-order chi connectivity index (χ1) is 15.1. The highest BCUT2D eigenvalue weighted by atomic mass is 32.2. The smallest absolute Gasteiger partial charge is 0.244 e. The first kappa shape index (κ1) is 19.2. The molecule has 8 nitrogen and oxygen atoms in total. The Morgan fingerprint density at radius 3 is 2.77 bits per heavy atom. The van der Waals surface area contributed by atoms with Crippen molar-refractivity contribution in [2.75, 3.05) is 35.7 Å². The number of aromatic nitrogens is 1. The van der Waals surface area contributed by atoms with Gasteiger partial charge in [0.05, 0.1) is 28.2 Å². The van der Waals surface area contributed by atoms with Gasteiger partial charge < -0.3 is 19.7 Å². The molecule has 31 heavy (non-hydrogen) atoms. The molecule has 154 valence electrons. The molecule has 0 aliphatic carbocycles. The topological polar surface area (TPSA) is 105 Å². The van der Waals surface area contributed by atoms with E-state index in [1.165, 1.54) is 16.7 Å². The van der Waals surface area contributed by atoms with Crippen LogP contribution in [0.1, 0.15) is 5.56 Å². The van der Waals surface area contributed by atoms with E-state index >= 15 is 0 Å². The molecule has 2 aromatic carbocycles. The number of nitrogens with zero attached hydrogens (tertiary/aromatic N) is 3. The fraction of sp³-hybridized carbons (Fsp3) is 0.182. The molecule has 0 radical (unpaired) electrons. The lowest BCUT2D eigenvalue weighted by Gasteiger charge is -2.29. The molecule has 2 amide bonds. The molecule has 2 aliphatic heterocycles. The van der Waals surface area contributed by atoms with Crippen LogP contribution in [-0.2, 0) is 9.59 Å². The van der Waals surface area contributed by atoms with Crippen LogP contribution in [0.15, 0.2) is 47.5 Å². The largest absolute Gasteiger partial charge is 0.486 e. The third kappa shape index (κ3) is 3.62. The van der Waals surface area contributed by atoms with E-state index in [-0.39, 0.29) is 24.1 Å². The minimum atomic E-state index is -0.245. The van der Waals surface area contributed by atoms with E-state index in [1.807, 2.05) is 6.07 Å². The summed E-state index contributed by atoms with van der Waals surface area (Å²) in [6, 6.07) is 14.6. The monoisotopic (exact) mass is 432 g/mol. The molecule has 0 spiro atoms. The first-order valence-corrected chi connectivity index (χ1v) is 10.6. The quantitative estimate of drug-likeness (QED) is 0.635. The van der Waals surface area contributed by atoms with Crippen molar-refractivity contribution in [1.82, 2.24) is 4.98 Å². The van der Waals surface area contributed by atoms with Gasteiger partial charge >= 0.3 is 0 Å². The van der Waals surface area contributed by atoms with Crippen LogP contribution >= 0.6 is 11.8 Å². The highest BCUT2D eigenvalue weighted by molar-refractivity contribution is 8.00. The lowest BCUT2D eigenvalue weighted by atomic mass is 10.1. The van der Waals surface area contributed by atoms with Crippen molar-refractivity contribution in [3.63, 3.8) is 0 Å². The van der Waals surface area contributed by atoms with Gasteiger partial charge in [-0.1, -0.05) is 23.9 Å². The maximum absolute atomic E-state index is 12.9. The second-order valence-corrected chi connectivity index (χ2v) is 7.94. The van der Waals surface area contributed by atoms with Crippen LogP contribution in [0, 0.1) is 11.3 Å². The van der Waals surface area contributed by atoms with Gasteiger partial charge in [-0.05, 0) is 24.3 Å². The van der Waals surface area contributed by atoms with Gasteiger partial charge in [0.1, 0.15) is 30.9 Å². The molecule has 0 unspecified atom stereocenters. The van der Waals surface area contributed by atoms with Crippen LogP contribution in [0.5, 0.6) is 11.5 Å². The van der Waals surface area contributed by atoms with Crippen molar-refractivity contribution in [2.24, 2.45) is 0 Å². The predicted octanol–water partition coefficient (Wildman–Crippen LogP) is 2.96. The Kier molecular flexibility index (Phi) is 4.84. The fourth-order valence-corrected chi connectivity index (χ4v) is 4.39. The average Bonchev–Trinajstić information content (AvgIpc) is 2.79. The number of hydrogen-bond acceptors (Lipinski definition) is 7. The summed E-state index contributed by atoms with van der Waals surface area (Å²) in [6.45, 7) is 0.899. The Morgan fingerprint density at radius 2 is 1.97 bits per heavy atom. The standard InChI is InChI=1S/C22H16N4O4S/c23-10-14-7-13-8-18-19(30-6-5-29-18)9-16(13)25-22(14)31-12-21(28)26-11-20(27)24-15-3-1-2-4-17(15)26/h1-4,7-9H,5-6,11-12H2,(H,24,27). The van der Waals surface area contributed by atoms with Gasteiger partial charge in [0, 0.05) is 11.5 Å². The molecule has 3 aromatic rings. The number of para-hydroxylation sites is 2. The van der Waals surface area contributed by atoms with E-state index in [2.05, 4.69) is 16.4 Å². The first-order valence-electron chi connectivity index (χ1n) is 9.59. The van der Waals surface area contributed by atoms with Crippen molar-refractivity contribution >= 4 is 45.9 Å². The molecule has 0 atom stereocenters. The van der Waals surface area contributed by atoms with E-state index in [1.54, 1.807) is 36.4 Å². The normalized spacial score (nSPS) is 14.5. The second kappa shape index (κ2) is 7.81. The number of thioether (sulfide) groups is 1. The Morgan fingerprint density at radius 1 is 1.19 bits per heavy atom. The maximum atomic E-state index is 12.9. The molecule has 5 rings (SSSR count). The van der Waals surface area contributed by atoms with Crippen LogP contribution in [0.2, 0.25) is 0 Å². The van der Waals surface area contributed by atoms with Crippen molar-refractivity contribution < 1.29 is 19.1 Å². The minimum Gasteiger partial charge on any atom is -0.486 e. The van der Waals surface area contributed by atoms with Gasteiger partial charge in [0.15, 0.2) is 11.5 Å². The van der Waals surface area contributed by atoms with Crippen molar-refractivity contribution in [1.29, 1.82) is 5.26 Å². The number of hydrogen-bond donors (Lipinski definition) is 1. The molecule has 3 heterocycles. The van der Waals surface area contributed by atoms with Gasteiger partial charge in [-0.2, -0.15) is 5.26 Å². The van der Waals surface area contributed by atoms with E-state index in [4.69, 9.17) is 9.47 Å². The molecule has 0 fully saturated rings. The number of carbonyl (C=O) groups is 2. The average molecular weight is 432 g/mol. The third-order valence-corrected chi connectivity index (χ3v) is 5.94. The summed E-state index contributed by atoms with van der Waals surface area (Å²) in [5.41, 5.74) is 2.29. The number of ether oxygens (including phenoxy) is 2. The summed E-state index contributed by atoms with van der Waals surface area (Å²) in [7, 11) is 0. The maximum Gasteiger partial charge on any atom is 0.244 e. The van der Waals surface area contributed by atoms with Crippen LogP contribution in [0.25, 0.3) is 10.9 Å². The number of anilines is 2. The van der Waals surface area contributed by atoms with Gasteiger partial charge in [0.25, 0.3) is 0 Å². The summed E-state index contributed by atoms with van der Waals surface area (Å²) in [6.07, 6.45) is 0. The number of rotatable bonds is 3. The summed E-state index contributed by atoms with van der Waals surface area (Å²) in [5.74, 6) is 0.797. The van der Waals surface area contributed by atoms with Gasteiger partial charge in [0.2, 0.25) is 11.8 Å². The second-order valence-electron chi connectivity index (χ2n) is 6.98. The van der Waals surface area contributed by atoms with E-state index in [0.717, 1.165) is 5.39 Å². The van der Waals surface area contributed by atoms with Crippen LogP contribution in [-0.4, -0.2) is 42.3 Å². The molecule has 0 bridgehead atoms. The zero-order valence-electron chi connectivity index (χ0n) is 16.3. The summed E-state index contributed by atoms with van der Waals surface area (Å²) >= 11 is 1.17. The van der Waals surface area contributed by atoms with E-state index in [9.17, 15) is 14.9 Å². The number of nitriles is 1. The Balaban J connectivity index is 1.41. The van der Waals surface area contributed by atoms with Gasteiger partial charge in [-0.3, -0.25) is 9.59 Å². The SMILES string of the molecule is N#Cc1cc2cc3c(cc2nc1SCC(=O)N1CC(=O)Nc2ccccc21)OCCO3. The Hall–Kier alpha value is -3.77. The molecule has 2 aliphatic rings. The highest BCUT2D eigenvalue weighted by Crippen LogP contribution is 2.36.